The highest BCUT2D eigenvalue weighted by Gasteiger charge is 2.24. The van der Waals surface area contributed by atoms with Gasteiger partial charge >= 0.3 is 0 Å². The largest absolute Gasteiger partial charge is 0.306 e. The topological polar surface area (TPSA) is 76.5 Å². The first-order valence-electron chi connectivity index (χ1n) is 8.62. The van der Waals surface area contributed by atoms with Crippen molar-refractivity contribution < 1.29 is 0 Å². The van der Waals surface area contributed by atoms with Gasteiger partial charge in [-0.3, -0.25) is 9.78 Å². The highest BCUT2D eigenvalue weighted by molar-refractivity contribution is 5.79. The maximum absolute atomic E-state index is 12.7. The predicted octanol–water partition coefficient (Wildman–Crippen LogP) is 3.17. The number of pyridine rings is 1. The van der Waals surface area contributed by atoms with E-state index in [0.29, 0.717) is 22.9 Å². The molecule has 0 aliphatic heterocycles. The molecule has 6 nitrogen and oxygen atoms in total. The Morgan fingerprint density at radius 3 is 2.83 bits per heavy atom. The Kier molecular flexibility index (Phi) is 3.67. The van der Waals surface area contributed by atoms with Crippen molar-refractivity contribution in [2.75, 3.05) is 0 Å². The smallest absolute Gasteiger partial charge is 0.262 e. The van der Waals surface area contributed by atoms with Crippen molar-refractivity contribution in [3.8, 4) is 11.4 Å². The quantitative estimate of drug-likeness (QED) is 0.803. The third-order valence-corrected chi connectivity index (χ3v) is 4.81. The number of rotatable bonds is 3. The van der Waals surface area contributed by atoms with Crippen LogP contribution in [-0.2, 0) is 6.42 Å². The molecule has 1 saturated carbocycles. The molecular weight excluding hydrogens is 302 g/mol. The number of aromatic nitrogens is 5. The highest BCUT2D eigenvalue weighted by Crippen LogP contribution is 2.32. The summed E-state index contributed by atoms with van der Waals surface area (Å²) < 4.78 is 1.99. The Bertz CT molecular complexity index is 950. The summed E-state index contributed by atoms with van der Waals surface area (Å²) in [7, 11) is 0. The van der Waals surface area contributed by atoms with Crippen LogP contribution in [0.1, 0.15) is 50.0 Å². The van der Waals surface area contributed by atoms with Crippen LogP contribution in [0, 0.1) is 6.92 Å². The first-order chi connectivity index (χ1) is 11.7. The lowest BCUT2D eigenvalue weighted by Gasteiger charge is -2.11. The molecule has 0 radical (unpaired) electrons. The Morgan fingerprint density at radius 2 is 2.12 bits per heavy atom. The van der Waals surface area contributed by atoms with Gasteiger partial charge in [0.1, 0.15) is 11.2 Å². The van der Waals surface area contributed by atoms with E-state index in [1.807, 2.05) is 30.7 Å². The van der Waals surface area contributed by atoms with E-state index in [9.17, 15) is 4.79 Å². The van der Waals surface area contributed by atoms with Gasteiger partial charge in [-0.2, -0.15) is 5.10 Å². The van der Waals surface area contributed by atoms with E-state index in [1.165, 1.54) is 12.8 Å². The minimum absolute atomic E-state index is 0.106. The normalized spacial score (nSPS) is 15.4. The lowest BCUT2D eigenvalue weighted by molar-refractivity contribution is 0.474. The minimum atomic E-state index is -0.106. The van der Waals surface area contributed by atoms with Crippen molar-refractivity contribution in [3.05, 3.63) is 40.1 Å². The minimum Gasteiger partial charge on any atom is -0.306 e. The second kappa shape index (κ2) is 5.85. The average molecular weight is 323 g/mol. The molecule has 1 N–H and O–H groups in total. The summed E-state index contributed by atoms with van der Waals surface area (Å²) in [5.41, 5.74) is 3.22. The molecule has 1 aliphatic rings. The molecule has 4 rings (SSSR count). The fourth-order valence-corrected chi connectivity index (χ4v) is 3.60. The third-order valence-electron chi connectivity index (χ3n) is 4.81. The molecule has 24 heavy (non-hydrogen) atoms. The number of hydrogen-bond donors (Lipinski definition) is 1. The molecule has 0 unspecified atom stereocenters. The van der Waals surface area contributed by atoms with Gasteiger partial charge in [0.25, 0.3) is 5.56 Å². The molecule has 0 amide bonds. The summed E-state index contributed by atoms with van der Waals surface area (Å²) >= 11 is 0. The molecule has 0 aromatic carbocycles. The van der Waals surface area contributed by atoms with Gasteiger partial charge in [0.2, 0.25) is 0 Å². The monoisotopic (exact) mass is 323 g/mol. The molecule has 1 fully saturated rings. The van der Waals surface area contributed by atoms with Crippen molar-refractivity contribution >= 4 is 11.0 Å². The summed E-state index contributed by atoms with van der Waals surface area (Å²) in [6.45, 7) is 3.96. The van der Waals surface area contributed by atoms with Gasteiger partial charge in [0.05, 0.1) is 11.7 Å². The van der Waals surface area contributed by atoms with E-state index < -0.39 is 0 Å². The third kappa shape index (κ3) is 2.42. The van der Waals surface area contributed by atoms with Crippen molar-refractivity contribution in [3.63, 3.8) is 0 Å². The maximum Gasteiger partial charge on any atom is 0.262 e. The van der Waals surface area contributed by atoms with Crippen LogP contribution >= 0.6 is 0 Å². The SMILES string of the molecule is CCc1nn(C2CCCC2)c2nc(-c3ccnc(C)c3)[nH]c(=O)c12. The molecule has 0 spiro atoms. The van der Waals surface area contributed by atoms with Crippen LogP contribution in [0.2, 0.25) is 0 Å². The lowest BCUT2D eigenvalue weighted by atomic mass is 10.2. The zero-order valence-corrected chi connectivity index (χ0v) is 14.0. The molecule has 124 valence electrons. The highest BCUT2D eigenvalue weighted by atomic mass is 16.1. The van der Waals surface area contributed by atoms with Gasteiger partial charge in [-0.15, -0.1) is 0 Å². The number of H-pyrrole nitrogens is 1. The van der Waals surface area contributed by atoms with Crippen LogP contribution in [0.25, 0.3) is 22.4 Å². The van der Waals surface area contributed by atoms with Gasteiger partial charge in [0.15, 0.2) is 5.65 Å². The summed E-state index contributed by atoms with van der Waals surface area (Å²) in [4.78, 5) is 24.6. The van der Waals surface area contributed by atoms with Crippen molar-refractivity contribution in [1.29, 1.82) is 0 Å². The number of hydrogen-bond acceptors (Lipinski definition) is 4. The molecule has 6 heteroatoms. The summed E-state index contributed by atoms with van der Waals surface area (Å²) in [5, 5.41) is 5.36. The number of nitrogens with zero attached hydrogens (tertiary/aromatic N) is 4. The van der Waals surface area contributed by atoms with E-state index in [1.54, 1.807) is 6.20 Å². The number of fused-ring (bicyclic) bond motifs is 1. The average Bonchev–Trinajstić information content (AvgIpc) is 3.22. The van der Waals surface area contributed by atoms with Crippen molar-refractivity contribution in [2.45, 2.75) is 52.0 Å². The molecule has 3 aromatic rings. The van der Waals surface area contributed by atoms with Crippen molar-refractivity contribution in [1.82, 2.24) is 24.7 Å². The number of nitrogens with one attached hydrogen (secondary N) is 1. The Morgan fingerprint density at radius 1 is 1.33 bits per heavy atom. The van der Waals surface area contributed by atoms with Crippen LogP contribution < -0.4 is 5.56 Å². The zero-order chi connectivity index (χ0) is 16.7. The Balaban J connectivity index is 1.95. The predicted molar refractivity (Wildman–Crippen MR) is 93.0 cm³/mol. The molecule has 3 heterocycles. The van der Waals surface area contributed by atoms with Gasteiger partial charge in [-0.1, -0.05) is 19.8 Å². The second-order valence-electron chi connectivity index (χ2n) is 6.48. The molecule has 0 atom stereocenters. The van der Waals surface area contributed by atoms with Gasteiger partial charge in [-0.05, 0) is 38.3 Å². The Hall–Kier alpha value is -2.50. The first kappa shape index (κ1) is 15.1. The van der Waals surface area contributed by atoms with Gasteiger partial charge in [-0.25, -0.2) is 9.67 Å². The molecule has 0 saturated heterocycles. The van der Waals surface area contributed by atoms with E-state index >= 15 is 0 Å². The lowest BCUT2D eigenvalue weighted by Crippen LogP contribution is -2.12. The molecular formula is C18H21N5O. The summed E-state index contributed by atoms with van der Waals surface area (Å²) in [6, 6.07) is 4.16. The maximum atomic E-state index is 12.7. The van der Waals surface area contributed by atoms with Crippen LogP contribution in [0.5, 0.6) is 0 Å². The molecule has 3 aromatic heterocycles. The number of aryl methyl sites for hydroxylation is 2. The fraction of sp³-hybridized carbons (Fsp3) is 0.444. The summed E-state index contributed by atoms with van der Waals surface area (Å²) in [5.74, 6) is 0.583. The first-order valence-corrected chi connectivity index (χ1v) is 8.62. The molecule has 0 bridgehead atoms. The number of aromatic amines is 1. The van der Waals surface area contributed by atoms with Crippen LogP contribution in [0.3, 0.4) is 0 Å². The fourth-order valence-electron chi connectivity index (χ4n) is 3.60. The van der Waals surface area contributed by atoms with E-state index in [-0.39, 0.29) is 5.56 Å². The van der Waals surface area contributed by atoms with E-state index in [0.717, 1.165) is 36.2 Å². The van der Waals surface area contributed by atoms with Crippen LogP contribution in [0.15, 0.2) is 23.1 Å². The Labute approximate surface area is 140 Å². The van der Waals surface area contributed by atoms with Crippen LogP contribution in [0.4, 0.5) is 0 Å². The van der Waals surface area contributed by atoms with Crippen molar-refractivity contribution in [2.24, 2.45) is 0 Å². The van der Waals surface area contributed by atoms with E-state index in [2.05, 4.69) is 9.97 Å². The summed E-state index contributed by atoms with van der Waals surface area (Å²) in [6.07, 6.45) is 7.12. The second-order valence-corrected chi connectivity index (χ2v) is 6.48. The van der Waals surface area contributed by atoms with Crippen LogP contribution in [-0.4, -0.2) is 24.7 Å². The standard InChI is InChI=1S/C18H21N5O/c1-3-14-15-17(23(22-14)13-6-4-5-7-13)20-16(21-18(15)24)12-8-9-19-11(2)10-12/h8-10,13H,3-7H2,1-2H3,(H,20,21,24). The zero-order valence-electron chi connectivity index (χ0n) is 14.0. The van der Waals surface area contributed by atoms with Gasteiger partial charge in [0, 0.05) is 17.5 Å². The van der Waals surface area contributed by atoms with E-state index in [4.69, 9.17) is 10.1 Å². The molecule has 1 aliphatic carbocycles. The van der Waals surface area contributed by atoms with Gasteiger partial charge < -0.3 is 4.98 Å².